The number of morpholine rings is 1. The molecule has 1 aliphatic rings. The molecular formula is C26H29NO2S. The molecule has 0 saturated carbocycles. The topological polar surface area (TPSA) is 21.7 Å². The summed E-state index contributed by atoms with van der Waals surface area (Å²) in [5.41, 5.74) is 3.92. The Balaban J connectivity index is 1.57. The zero-order valence-corrected chi connectivity index (χ0v) is 18.5. The molecule has 30 heavy (non-hydrogen) atoms. The second kappa shape index (κ2) is 10.2. The van der Waals surface area contributed by atoms with E-state index in [2.05, 4.69) is 78.6 Å². The van der Waals surface area contributed by atoms with Gasteiger partial charge in [0.15, 0.2) is 0 Å². The predicted molar refractivity (Wildman–Crippen MR) is 124 cm³/mol. The van der Waals surface area contributed by atoms with Gasteiger partial charge in [-0.05, 0) is 30.2 Å². The summed E-state index contributed by atoms with van der Waals surface area (Å²) in [5, 5.41) is 0.195. The summed E-state index contributed by atoms with van der Waals surface area (Å²) in [4.78, 5) is 3.65. The van der Waals surface area contributed by atoms with Gasteiger partial charge in [0.2, 0.25) is 0 Å². The molecule has 1 fully saturated rings. The third-order valence-corrected chi connectivity index (χ3v) is 6.91. The minimum absolute atomic E-state index is 0.111. The van der Waals surface area contributed by atoms with Crippen LogP contribution in [-0.2, 0) is 11.3 Å². The van der Waals surface area contributed by atoms with E-state index in [4.69, 9.17) is 9.47 Å². The van der Waals surface area contributed by atoms with Crippen LogP contribution in [-0.4, -0.2) is 37.8 Å². The molecule has 0 unspecified atom stereocenters. The van der Waals surface area contributed by atoms with Gasteiger partial charge in [-0.25, -0.2) is 0 Å². The van der Waals surface area contributed by atoms with Gasteiger partial charge < -0.3 is 9.47 Å². The lowest BCUT2D eigenvalue weighted by Crippen LogP contribution is -2.44. The van der Waals surface area contributed by atoms with Crippen molar-refractivity contribution in [3.05, 3.63) is 95.6 Å². The smallest absolute Gasteiger partial charge is 0.132 e. The maximum Gasteiger partial charge on any atom is 0.132 e. The molecule has 0 amide bonds. The number of para-hydroxylation sites is 1. The normalized spacial score (nSPS) is 18.1. The SMILES string of the molecule is COc1ccccc1S[C@@H](c1ccc(C)cc1)[C@@H]1CN(Cc2ccccc2)CCO1. The fourth-order valence-corrected chi connectivity index (χ4v) is 5.18. The van der Waals surface area contributed by atoms with Crippen molar-refractivity contribution in [1.82, 2.24) is 4.90 Å². The summed E-state index contributed by atoms with van der Waals surface area (Å²) >= 11 is 1.84. The summed E-state index contributed by atoms with van der Waals surface area (Å²) in [6, 6.07) is 27.8. The van der Waals surface area contributed by atoms with E-state index in [-0.39, 0.29) is 11.4 Å². The van der Waals surface area contributed by atoms with Crippen molar-refractivity contribution in [2.24, 2.45) is 0 Å². The first-order valence-corrected chi connectivity index (χ1v) is 11.3. The molecule has 4 rings (SSSR count). The van der Waals surface area contributed by atoms with Crippen LogP contribution in [0.5, 0.6) is 5.75 Å². The van der Waals surface area contributed by atoms with Crippen LogP contribution in [0.25, 0.3) is 0 Å². The molecule has 3 aromatic rings. The third-order valence-electron chi connectivity index (χ3n) is 5.49. The van der Waals surface area contributed by atoms with E-state index in [1.54, 1.807) is 7.11 Å². The number of ether oxygens (including phenoxy) is 2. The predicted octanol–water partition coefficient (Wildman–Crippen LogP) is 5.74. The lowest BCUT2D eigenvalue weighted by Gasteiger charge is -2.37. The van der Waals surface area contributed by atoms with Crippen LogP contribution >= 0.6 is 11.8 Å². The quantitative estimate of drug-likeness (QED) is 0.455. The average molecular weight is 420 g/mol. The van der Waals surface area contributed by atoms with Crippen LogP contribution in [0.15, 0.2) is 83.8 Å². The Morgan fingerprint density at radius 3 is 2.50 bits per heavy atom. The van der Waals surface area contributed by atoms with Crippen LogP contribution in [0.4, 0.5) is 0 Å². The van der Waals surface area contributed by atoms with E-state index < -0.39 is 0 Å². The second-order valence-corrected chi connectivity index (χ2v) is 8.91. The molecule has 0 bridgehead atoms. The van der Waals surface area contributed by atoms with Crippen LogP contribution in [0.1, 0.15) is 21.9 Å². The number of thioether (sulfide) groups is 1. The maximum atomic E-state index is 6.34. The highest BCUT2D eigenvalue weighted by atomic mass is 32.2. The molecule has 1 aliphatic heterocycles. The zero-order valence-electron chi connectivity index (χ0n) is 17.7. The molecule has 0 spiro atoms. The fraction of sp³-hybridized carbons (Fsp3) is 0.308. The second-order valence-electron chi connectivity index (χ2n) is 7.73. The van der Waals surface area contributed by atoms with E-state index >= 15 is 0 Å². The highest BCUT2D eigenvalue weighted by Gasteiger charge is 2.31. The Labute approximate surface area is 184 Å². The number of hydrogen-bond acceptors (Lipinski definition) is 4. The van der Waals surface area contributed by atoms with Gasteiger partial charge in [-0.2, -0.15) is 0 Å². The lowest BCUT2D eigenvalue weighted by molar-refractivity contribution is -0.0319. The van der Waals surface area contributed by atoms with Crippen molar-refractivity contribution in [3.8, 4) is 5.75 Å². The Kier molecular flexibility index (Phi) is 7.11. The molecule has 1 heterocycles. The van der Waals surface area contributed by atoms with Crippen LogP contribution in [0, 0.1) is 6.92 Å². The van der Waals surface area contributed by atoms with Gasteiger partial charge in [0.05, 0.1) is 30.0 Å². The Bertz CT molecular complexity index is 929. The molecule has 2 atom stereocenters. The van der Waals surface area contributed by atoms with Crippen molar-refractivity contribution in [3.63, 3.8) is 0 Å². The Hall–Kier alpha value is -2.27. The molecule has 1 saturated heterocycles. The fourth-order valence-electron chi connectivity index (χ4n) is 3.87. The molecule has 156 valence electrons. The largest absolute Gasteiger partial charge is 0.496 e. The first-order valence-electron chi connectivity index (χ1n) is 10.5. The molecule has 4 heteroatoms. The molecule has 3 nitrogen and oxygen atoms in total. The van der Waals surface area contributed by atoms with Gasteiger partial charge in [0, 0.05) is 19.6 Å². The van der Waals surface area contributed by atoms with Crippen molar-refractivity contribution in [2.75, 3.05) is 26.8 Å². The maximum absolute atomic E-state index is 6.34. The van der Waals surface area contributed by atoms with E-state index in [1.807, 2.05) is 23.9 Å². The van der Waals surface area contributed by atoms with Gasteiger partial charge in [-0.1, -0.05) is 72.3 Å². The summed E-state index contributed by atoms with van der Waals surface area (Å²) in [6.07, 6.45) is 0.111. The van der Waals surface area contributed by atoms with Crippen molar-refractivity contribution in [2.45, 2.75) is 29.7 Å². The van der Waals surface area contributed by atoms with Gasteiger partial charge in [-0.15, -0.1) is 11.8 Å². The minimum atomic E-state index is 0.111. The van der Waals surface area contributed by atoms with Crippen LogP contribution in [0.2, 0.25) is 0 Å². The van der Waals surface area contributed by atoms with Gasteiger partial charge in [0.1, 0.15) is 5.75 Å². The summed E-state index contributed by atoms with van der Waals surface area (Å²) in [7, 11) is 1.74. The first-order chi connectivity index (χ1) is 14.7. The number of nitrogens with zero attached hydrogens (tertiary/aromatic N) is 1. The van der Waals surface area contributed by atoms with E-state index in [0.29, 0.717) is 0 Å². The van der Waals surface area contributed by atoms with Gasteiger partial charge >= 0.3 is 0 Å². The summed E-state index contributed by atoms with van der Waals surface area (Å²) in [5.74, 6) is 0.913. The lowest BCUT2D eigenvalue weighted by atomic mass is 10.0. The molecule has 0 aliphatic carbocycles. The van der Waals surface area contributed by atoms with Gasteiger partial charge in [-0.3, -0.25) is 4.90 Å². The van der Waals surface area contributed by atoms with Crippen LogP contribution in [0.3, 0.4) is 0 Å². The molecule has 0 radical (unpaired) electrons. The van der Waals surface area contributed by atoms with E-state index in [0.717, 1.165) is 36.9 Å². The standard InChI is InChI=1S/C26H29NO2S/c1-20-12-14-22(15-13-20)26(30-25-11-7-6-10-23(25)28-2)24-19-27(16-17-29-24)18-21-8-4-3-5-9-21/h3-15,24,26H,16-19H2,1-2H3/t24-,26-/m0/s1. The average Bonchev–Trinajstić information content (AvgIpc) is 2.79. The Morgan fingerprint density at radius 2 is 1.73 bits per heavy atom. The van der Waals surface area contributed by atoms with Crippen LogP contribution < -0.4 is 4.74 Å². The number of rotatable bonds is 7. The number of methoxy groups -OCH3 is 1. The molecule has 0 N–H and O–H groups in total. The highest BCUT2D eigenvalue weighted by molar-refractivity contribution is 7.99. The zero-order chi connectivity index (χ0) is 20.8. The van der Waals surface area contributed by atoms with E-state index in [9.17, 15) is 0 Å². The monoisotopic (exact) mass is 419 g/mol. The number of aryl methyl sites for hydroxylation is 1. The first kappa shape index (κ1) is 21.0. The third kappa shape index (κ3) is 5.25. The molecule has 0 aromatic heterocycles. The van der Waals surface area contributed by atoms with E-state index in [1.165, 1.54) is 16.7 Å². The van der Waals surface area contributed by atoms with Crippen molar-refractivity contribution in [1.29, 1.82) is 0 Å². The summed E-state index contributed by atoms with van der Waals surface area (Å²) < 4.78 is 12.0. The van der Waals surface area contributed by atoms with Gasteiger partial charge in [0.25, 0.3) is 0 Å². The Morgan fingerprint density at radius 1 is 1.00 bits per heavy atom. The highest BCUT2D eigenvalue weighted by Crippen LogP contribution is 2.43. The van der Waals surface area contributed by atoms with Crippen molar-refractivity contribution >= 4 is 11.8 Å². The minimum Gasteiger partial charge on any atom is -0.496 e. The number of benzene rings is 3. The number of hydrogen-bond donors (Lipinski definition) is 0. The van der Waals surface area contributed by atoms with Crippen molar-refractivity contribution < 1.29 is 9.47 Å². The molecular weight excluding hydrogens is 390 g/mol. The summed E-state index contributed by atoms with van der Waals surface area (Å²) in [6.45, 7) is 5.72. The molecule has 3 aromatic carbocycles.